The lowest BCUT2D eigenvalue weighted by Crippen LogP contribution is -2.12. The van der Waals surface area contributed by atoms with Crippen LogP contribution in [-0.4, -0.2) is 7.11 Å². The van der Waals surface area contributed by atoms with E-state index in [1.54, 1.807) is 13.4 Å². The van der Waals surface area contributed by atoms with Crippen LogP contribution < -0.4 is 10.5 Å². The van der Waals surface area contributed by atoms with E-state index in [-0.39, 0.29) is 6.04 Å². The highest BCUT2D eigenvalue weighted by Crippen LogP contribution is 2.27. The molecule has 1 aromatic heterocycles. The quantitative estimate of drug-likeness (QED) is 0.938. The average molecular weight is 310 g/mol. The summed E-state index contributed by atoms with van der Waals surface area (Å²) < 4.78 is 11.4. The molecule has 0 bridgehead atoms. The molecule has 1 atom stereocenters. The van der Waals surface area contributed by atoms with E-state index in [0.717, 1.165) is 33.5 Å². The molecule has 96 valence electrons. The summed E-state index contributed by atoms with van der Waals surface area (Å²) in [6.45, 7) is 1.92. The Morgan fingerprint density at radius 1 is 1.39 bits per heavy atom. The second kappa shape index (κ2) is 5.59. The Hall–Kier alpha value is -1.26. The van der Waals surface area contributed by atoms with E-state index in [2.05, 4.69) is 15.9 Å². The molecule has 4 heteroatoms. The SMILES string of the molecule is COc1ccc(CC(N)c2coc(C)c2)cc1Br. The van der Waals surface area contributed by atoms with E-state index in [9.17, 15) is 0 Å². The highest BCUT2D eigenvalue weighted by molar-refractivity contribution is 9.10. The summed E-state index contributed by atoms with van der Waals surface area (Å²) in [5, 5.41) is 0. The fourth-order valence-electron chi connectivity index (χ4n) is 1.87. The summed E-state index contributed by atoms with van der Waals surface area (Å²) in [7, 11) is 1.65. The first-order valence-corrected chi connectivity index (χ1v) is 6.52. The summed E-state index contributed by atoms with van der Waals surface area (Å²) in [6, 6.07) is 7.92. The molecule has 1 aromatic carbocycles. The molecule has 1 unspecified atom stereocenters. The van der Waals surface area contributed by atoms with Gasteiger partial charge in [-0.2, -0.15) is 0 Å². The Balaban J connectivity index is 2.12. The third kappa shape index (κ3) is 2.94. The van der Waals surface area contributed by atoms with Crippen LogP contribution in [0.2, 0.25) is 0 Å². The largest absolute Gasteiger partial charge is 0.496 e. The van der Waals surface area contributed by atoms with Gasteiger partial charge in [0.05, 0.1) is 17.8 Å². The maximum Gasteiger partial charge on any atom is 0.133 e. The van der Waals surface area contributed by atoms with Gasteiger partial charge >= 0.3 is 0 Å². The third-order valence-corrected chi connectivity index (χ3v) is 3.47. The van der Waals surface area contributed by atoms with Gasteiger partial charge < -0.3 is 14.9 Å². The van der Waals surface area contributed by atoms with Crippen LogP contribution in [0.3, 0.4) is 0 Å². The number of nitrogens with two attached hydrogens (primary N) is 1. The minimum atomic E-state index is -0.0530. The van der Waals surface area contributed by atoms with E-state index in [1.165, 1.54) is 0 Å². The van der Waals surface area contributed by atoms with Crippen LogP contribution in [0.1, 0.15) is 22.9 Å². The minimum absolute atomic E-state index is 0.0530. The van der Waals surface area contributed by atoms with E-state index < -0.39 is 0 Å². The lowest BCUT2D eigenvalue weighted by Gasteiger charge is -2.11. The molecule has 0 aliphatic heterocycles. The van der Waals surface area contributed by atoms with Crippen molar-refractivity contribution in [2.24, 2.45) is 5.73 Å². The molecule has 0 radical (unpaired) electrons. The second-order valence-corrected chi connectivity index (χ2v) is 5.12. The predicted molar refractivity (Wildman–Crippen MR) is 74.8 cm³/mol. The van der Waals surface area contributed by atoms with Gasteiger partial charge in [-0.15, -0.1) is 0 Å². The molecular formula is C14H16BrNO2. The molecule has 0 fully saturated rings. The number of benzene rings is 1. The highest BCUT2D eigenvalue weighted by Gasteiger charge is 2.11. The average Bonchev–Trinajstić information content (AvgIpc) is 2.76. The van der Waals surface area contributed by atoms with Crippen LogP contribution in [0.5, 0.6) is 5.75 Å². The molecule has 0 amide bonds. The van der Waals surface area contributed by atoms with Crippen molar-refractivity contribution in [3.05, 3.63) is 51.9 Å². The Kier molecular flexibility index (Phi) is 4.09. The van der Waals surface area contributed by atoms with Crippen LogP contribution in [-0.2, 0) is 6.42 Å². The van der Waals surface area contributed by atoms with Gasteiger partial charge in [0.1, 0.15) is 11.5 Å². The van der Waals surface area contributed by atoms with Crippen molar-refractivity contribution in [3.8, 4) is 5.75 Å². The van der Waals surface area contributed by atoms with Crippen molar-refractivity contribution in [1.29, 1.82) is 0 Å². The fraction of sp³-hybridized carbons (Fsp3) is 0.286. The maximum absolute atomic E-state index is 6.15. The van der Waals surface area contributed by atoms with E-state index in [1.807, 2.05) is 31.2 Å². The summed E-state index contributed by atoms with van der Waals surface area (Å²) in [6.07, 6.45) is 2.49. The summed E-state index contributed by atoms with van der Waals surface area (Å²) in [5.74, 6) is 1.71. The Bertz CT molecular complexity index is 536. The zero-order valence-electron chi connectivity index (χ0n) is 10.4. The van der Waals surface area contributed by atoms with Gasteiger partial charge in [-0.3, -0.25) is 0 Å². The standard InChI is InChI=1S/C14H16BrNO2/c1-9-5-11(8-18-9)13(16)7-10-3-4-14(17-2)12(15)6-10/h3-6,8,13H,7,16H2,1-2H3. The first-order chi connectivity index (χ1) is 8.60. The van der Waals surface area contributed by atoms with Gasteiger partial charge in [0.15, 0.2) is 0 Å². The molecule has 0 aliphatic rings. The van der Waals surface area contributed by atoms with E-state index >= 15 is 0 Å². The summed E-state index contributed by atoms with van der Waals surface area (Å²) in [5.41, 5.74) is 8.34. The van der Waals surface area contributed by atoms with Crippen LogP contribution in [0.25, 0.3) is 0 Å². The minimum Gasteiger partial charge on any atom is -0.496 e. The van der Waals surface area contributed by atoms with Gasteiger partial charge in [-0.25, -0.2) is 0 Å². The Labute approximate surface area is 115 Å². The highest BCUT2D eigenvalue weighted by atomic mass is 79.9. The number of halogens is 1. The van der Waals surface area contributed by atoms with E-state index in [0.29, 0.717) is 0 Å². The molecule has 0 saturated heterocycles. The van der Waals surface area contributed by atoms with Crippen molar-refractivity contribution in [2.45, 2.75) is 19.4 Å². The molecule has 2 aromatic rings. The molecule has 0 saturated carbocycles. The van der Waals surface area contributed by atoms with Crippen LogP contribution in [0.4, 0.5) is 0 Å². The van der Waals surface area contributed by atoms with E-state index in [4.69, 9.17) is 14.9 Å². The van der Waals surface area contributed by atoms with Crippen LogP contribution in [0, 0.1) is 6.92 Å². The van der Waals surface area contributed by atoms with Crippen LogP contribution >= 0.6 is 15.9 Å². The maximum atomic E-state index is 6.15. The van der Waals surface area contributed by atoms with Gasteiger partial charge in [-0.1, -0.05) is 6.07 Å². The van der Waals surface area contributed by atoms with Crippen molar-refractivity contribution < 1.29 is 9.15 Å². The summed E-state index contributed by atoms with van der Waals surface area (Å²) in [4.78, 5) is 0. The molecular weight excluding hydrogens is 294 g/mol. The van der Waals surface area contributed by atoms with Gasteiger partial charge in [0, 0.05) is 11.6 Å². The lowest BCUT2D eigenvalue weighted by molar-refractivity contribution is 0.412. The second-order valence-electron chi connectivity index (χ2n) is 4.27. The zero-order valence-corrected chi connectivity index (χ0v) is 12.0. The summed E-state index contributed by atoms with van der Waals surface area (Å²) >= 11 is 3.47. The molecule has 2 rings (SSSR count). The van der Waals surface area contributed by atoms with Crippen molar-refractivity contribution >= 4 is 15.9 Å². The predicted octanol–water partition coefficient (Wildman–Crippen LogP) is 3.60. The van der Waals surface area contributed by atoms with Gasteiger partial charge in [0.2, 0.25) is 0 Å². The number of hydrogen-bond acceptors (Lipinski definition) is 3. The number of ether oxygens (including phenoxy) is 1. The molecule has 0 aliphatic carbocycles. The lowest BCUT2D eigenvalue weighted by atomic mass is 10.0. The molecule has 1 heterocycles. The molecule has 2 N–H and O–H groups in total. The number of hydrogen-bond donors (Lipinski definition) is 1. The Morgan fingerprint density at radius 2 is 2.17 bits per heavy atom. The monoisotopic (exact) mass is 309 g/mol. The third-order valence-electron chi connectivity index (χ3n) is 2.85. The number of aryl methyl sites for hydroxylation is 1. The zero-order chi connectivity index (χ0) is 13.1. The first-order valence-electron chi connectivity index (χ1n) is 5.73. The first kappa shape index (κ1) is 13.2. The van der Waals surface area contributed by atoms with Crippen LogP contribution in [0.15, 0.2) is 39.4 Å². The normalized spacial score (nSPS) is 12.4. The van der Waals surface area contributed by atoms with Crippen molar-refractivity contribution in [3.63, 3.8) is 0 Å². The van der Waals surface area contributed by atoms with Crippen molar-refractivity contribution in [1.82, 2.24) is 0 Å². The number of rotatable bonds is 4. The fourth-order valence-corrected chi connectivity index (χ4v) is 2.45. The molecule has 3 nitrogen and oxygen atoms in total. The Morgan fingerprint density at radius 3 is 2.72 bits per heavy atom. The van der Waals surface area contributed by atoms with Crippen molar-refractivity contribution in [2.75, 3.05) is 7.11 Å². The number of methoxy groups -OCH3 is 1. The number of furan rings is 1. The van der Waals surface area contributed by atoms with Gasteiger partial charge in [0.25, 0.3) is 0 Å². The van der Waals surface area contributed by atoms with Gasteiger partial charge in [-0.05, 0) is 53.0 Å². The molecule has 18 heavy (non-hydrogen) atoms. The molecule has 0 spiro atoms. The topological polar surface area (TPSA) is 48.4 Å². The smallest absolute Gasteiger partial charge is 0.133 e.